The lowest BCUT2D eigenvalue weighted by molar-refractivity contribution is -0.100. The van der Waals surface area contributed by atoms with Gasteiger partial charge < -0.3 is 10.2 Å². The molecule has 1 unspecified atom stereocenters. The fourth-order valence-electron chi connectivity index (χ4n) is 2.88. The summed E-state index contributed by atoms with van der Waals surface area (Å²) in [6.07, 6.45) is 12.7. The first-order chi connectivity index (χ1) is 8.19. The van der Waals surface area contributed by atoms with Crippen LogP contribution in [0.1, 0.15) is 84.0 Å². The SMILES string of the molecule is CCCCCCCCC(O)C1(O)CCCCC1. The Balaban J connectivity index is 2.09. The largest absolute Gasteiger partial charge is 0.390 e. The molecule has 1 saturated carbocycles. The summed E-state index contributed by atoms with van der Waals surface area (Å²) in [6.45, 7) is 2.22. The van der Waals surface area contributed by atoms with E-state index in [1.54, 1.807) is 0 Å². The van der Waals surface area contributed by atoms with Crippen molar-refractivity contribution >= 4 is 0 Å². The fraction of sp³-hybridized carbons (Fsp3) is 1.00. The molecule has 0 saturated heterocycles. The lowest BCUT2D eigenvalue weighted by Gasteiger charge is -2.36. The van der Waals surface area contributed by atoms with Crippen LogP contribution in [0.4, 0.5) is 0 Å². The maximum absolute atomic E-state index is 10.3. The van der Waals surface area contributed by atoms with Crippen LogP contribution in [0.25, 0.3) is 0 Å². The Labute approximate surface area is 106 Å². The van der Waals surface area contributed by atoms with Crippen molar-refractivity contribution in [2.24, 2.45) is 0 Å². The zero-order chi connectivity index (χ0) is 12.6. The van der Waals surface area contributed by atoms with Crippen LogP contribution in [0.2, 0.25) is 0 Å². The molecule has 17 heavy (non-hydrogen) atoms. The Hall–Kier alpha value is -0.0800. The van der Waals surface area contributed by atoms with Gasteiger partial charge >= 0.3 is 0 Å². The second-order valence-corrected chi connectivity index (χ2v) is 5.74. The van der Waals surface area contributed by atoms with E-state index in [4.69, 9.17) is 0 Å². The molecule has 0 spiro atoms. The van der Waals surface area contributed by atoms with Crippen molar-refractivity contribution in [3.8, 4) is 0 Å². The van der Waals surface area contributed by atoms with Crippen molar-refractivity contribution in [1.82, 2.24) is 0 Å². The molecule has 2 nitrogen and oxygen atoms in total. The highest BCUT2D eigenvalue weighted by Gasteiger charge is 2.36. The fourth-order valence-corrected chi connectivity index (χ4v) is 2.88. The van der Waals surface area contributed by atoms with Gasteiger partial charge in [0, 0.05) is 0 Å². The minimum absolute atomic E-state index is 0.492. The number of hydrogen-bond acceptors (Lipinski definition) is 2. The average Bonchev–Trinajstić information content (AvgIpc) is 2.34. The summed E-state index contributed by atoms with van der Waals surface area (Å²) in [5.74, 6) is 0. The van der Waals surface area contributed by atoms with Crippen LogP contribution in [0.15, 0.2) is 0 Å². The highest BCUT2D eigenvalue weighted by molar-refractivity contribution is 4.88. The number of unbranched alkanes of at least 4 members (excludes halogenated alkanes) is 5. The molecular formula is C15H30O2. The first kappa shape index (κ1) is 15.0. The predicted octanol–water partition coefficient (Wildman–Crippen LogP) is 3.79. The van der Waals surface area contributed by atoms with Crippen LogP contribution in [0, 0.1) is 0 Å². The summed E-state index contributed by atoms with van der Waals surface area (Å²) >= 11 is 0. The Kier molecular flexibility index (Phi) is 7.14. The van der Waals surface area contributed by atoms with Gasteiger partial charge in [-0.15, -0.1) is 0 Å². The molecule has 0 bridgehead atoms. The second kappa shape index (κ2) is 8.10. The maximum Gasteiger partial charge on any atom is 0.0905 e. The molecule has 0 aromatic rings. The van der Waals surface area contributed by atoms with Crippen LogP contribution in [0.3, 0.4) is 0 Å². The third-order valence-corrected chi connectivity index (χ3v) is 4.17. The monoisotopic (exact) mass is 242 g/mol. The first-order valence-corrected chi connectivity index (χ1v) is 7.59. The molecule has 102 valence electrons. The first-order valence-electron chi connectivity index (χ1n) is 7.59. The van der Waals surface area contributed by atoms with Gasteiger partial charge in [0.2, 0.25) is 0 Å². The average molecular weight is 242 g/mol. The van der Waals surface area contributed by atoms with E-state index in [1.165, 1.54) is 38.5 Å². The molecule has 2 N–H and O–H groups in total. The van der Waals surface area contributed by atoms with E-state index in [0.29, 0.717) is 0 Å². The topological polar surface area (TPSA) is 40.5 Å². The summed E-state index contributed by atoms with van der Waals surface area (Å²) in [5.41, 5.74) is -0.762. The predicted molar refractivity (Wildman–Crippen MR) is 72.0 cm³/mol. The van der Waals surface area contributed by atoms with E-state index in [0.717, 1.165) is 38.5 Å². The molecule has 0 aliphatic heterocycles. The van der Waals surface area contributed by atoms with Gasteiger partial charge in [-0.25, -0.2) is 0 Å². The molecule has 0 amide bonds. The van der Waals surface area contributed by atoms with E-state index in [-0.39, 0.29) is 0 Å². The lowest BCUT2D eigenvalue weighted by Crippen LogP contribution is -2.43. The van der Waals surface area contributed by atoms with Gasteiger partial charge in [0.15, 0.2) is 0 Å². The minimum Gasteiger partial charge on any atom is -0.390 e. The Morgan fingerprint density at radius 3 is 2.18 bits per heavy atom. The Morgan fingerprint density at radius 2 is 1.53 bits per heavy atom. The van der Waals surface area contributed by atoms with Gasteiger partial charge in [-0.2, -0.15) is 0 Å². The van der Waals surface area contributed by atoms with Crippen molar-refractivity contribution in [2.75, 3.05) is 0 Å². The number of aliphatic hydroxyl groups excluding tert-OH is 1. The summed E-state index contributed by atoms with van der Waals surface area (Å²) in [4.78, 5) is 0. The van der Waals surface area contributed by atoms with Crippen molar-refractivity contribution in [2.45, 2.75) is 95.7 Å². The van der Waals surface area contributed by atoms with Crippen molar-refractivity contribution in [3.63, 3.8) is 0 Å². The summed E-state index contributed by atoms with van der Waals surface area (Å²) in [6, 6.07) is 0. The van der Waals surface area contributed by atoms with Crippen LogP contribution >= 0.6 is 0 Å². The molecule has 1 fully saturated rings. The molecule has 1 atom stereocenters. The van der Waals surface area contributed by atoms with E-state index < -0.39 is 11.7 Å². The lowest BCUT2D eigenvalue weighted by atomic mass is 9.79. The van der Waals surface area contributed by atoms with Gasteiger partial charge in [-0.05, 0) is 19.3 Å². The summed E-state index contributed by atoms with van der Waals surface area (Å²) in [5, 5.41) is 20.4. The molecule has 0 heterocycles. The standard InChI is InChI=1S/C15H30O2/c1-2-3-4-5-6-8-11-14(16)15(17)12-9-7-10-13-15/h14,16-17H,2-13H2,1H3. The van der Waals surface area contributed by atoms with E-state index in [9.17, 15) is 10.2 Å². The molecule has 1 aliphatic carbocycles. The number of hydrogen-bond donors (Lipinski definition) is 2. The molecule has 1 aliphatic rings. The van der Waals surface area contributed by atoms with Crippen LogP contribution in [-0.4, -0.2) is 21.9 Å². The Morgan fingerprint density at radius 1 is 0.941 bits per heavy atom. The normalized spacial score (nSPS) is 21.4. The second-order valence-electron chi connectivity index (χ2n) is 5.74. The number of rotatable bonds is 8. The van der Waals surface area contributed by atoms with Gasteiger partial charge in [0.25, 0.3) is 0 Å². The summed E-state index contributed by atoms with van der Waals surface area (Å²) < 4.78 is 0. The molecular weight excluding hydrogens is 212 g/mol. The van der Waals surface area contributed by atoms with Gasteiger partial charge in [0.1, 0.15) is 0 Å². The highest BCUT2D eigenvalue weighted by atomic mass is 16.3. The molecule has 0 radical (unpaired) electrons. The minimum atomic E-state index is -0.762. The van der Waals surface area contributed by atoms with Crippen molar-refractivity contribution in [1.29, 1.82) is 0 Å². The van der Waals surface area contributed by atoms with E-state index in [1.807, 2.05) is 0 Å². The highest BCUT2D eigenvalue weighted by Crippen LogP contribution is 2.32. The van der Waals surface area contributed by atoms with Crippen LogP contribution < -0.4 is 0 Å². The van der Waals surface area contributed by atoms with Gasteiger partial charge in [-0.3, -0.25) is 0 Å². The molecule has 1 rings (SSSR count). The van der Waals surface area contributed by atoms with E-state index in [2.05, 4.69) is 6.92 Å². The molecule has 0 aromatic carbocycles. The van der Waals surface area contributed by atoms with E-state index >= 15 is 0 Å². The van der Waals surface area contributed by atoms with Crippen molar-refractivity contribution < 1.29 is 10.2 Å². The van der Waals surface area contributed by atoms with Crippen LogP contribution in [-0.2, 0) is 0 Å². The molecule has 2 heteroatoms. The van der Waals surface area contributed by atoms with Gasteiger partial charge in [-0.1, -0.05) is 64.7 Å². The van der Waals surface area contributed by atoms with Gasteiger partial charge in [0.05, 0.1) is 11.7 Å². The molecule has 0 aromatic heterocycles. The zero-order valence-electron chi connectivity index (χ0n) is 11.5. The Bertz CT molecular complexity index is 185. The zero-order valence-corrected chi connectivity index (χ0v) is 11.5. The quantitative estimate of drug-likeness (QED) is 0.636. The summed E-state index contributed by atoms with van der Waals surface area (Å²) in [7, 11) is 0. The smallest absolute Gasteiger partial charge is 0.0905 e. The third kappa shape index (κ3) is 5.39. The van der Waals surface area contributed by atoms with Crippen molar-refractivity contribution in [3.05, 3.63) is 0 Å². The number of aliphatic hydroxyl groups is 2. The third-order valence-electron chi connectivity index (χ3n) is 4.17. The van der Waals surface area contributed by atoms with Crippen LogP contribution in [0.5, 0.6) is 0 Å². The maximum atomic E-state index is 10.3.